The maximum atomic E-state index is 6.11. The first-order chi connectivity index (χ1) is 12.0. The first kappa shape index (κ1) is 16.7. The monoisotopic (exact) mass is 335 g/mol. The molecule has 0 radical (unpaired) electrons. The molecule has 1 fully saturated rings. The van der Waals surface area contributed by atoms with Crippen LogP contribution in [-0.2, 0) is 13.0 Å². The fraction of sp³-hybridized carbons (Fsp3) is 0.478. The fourth-order valence-electron chi connectivity index (χ4n) is 4.24. The fourth-order valence-corrected chi connectivity index (χ4v) is 4.24. The smallest absolute Gasteiger partial charge is 0.123 e. The average Bonchev–Trinajstić information content (AvgIpc) is 3.35. The predicted molar refractivity (Wildman–Crippen MR) is 103 cm³/mol. The Morgan fingerprint density at radius 3 is 2.68 bits per heavy atom. The van der Waals surface area contributed by atoms with E-state index in [0.29, 0.717) is 5.92 Å². The maximum absolute atomic E-state index is 6.11. The topological polar surface area (TPSA) is 21.3 Å². The van der Waals surface area contributed by atoms with E-state index in [1.165, 1.54) is 29.5 Å². The summed E-state index contributed by atoms with van der Waals surface area (Å²) in [5.74, 6) is 1.72. The largest absolute Gasteiger partial charge is 0.488 e. The lowest BCUT2D eigenvalue weighted by Gasteiger charge is -2.32. The summed E-state index contributed by atoms with van der Waals surface area (Å²) in [6.45, 7) is 7.59. The zero-order valence-corrected chi connectivity index (χ0v) is 15.6. The minimum Gasteiger partial charge on any atom is -0.488 e. The molecule has 0 aromatic heterocycles. The van der Waals surface area contributed by atoms with E-state index >= 15 is 0 Å². The highest BCUT2D eigenvalue weighted by Crippen LogP contribution is 2.53. The quantitative estimate of drug-likeness (QED) is 0.809. The van der Waals surface area contributed by atoms with Crippen molar-refractivity contribution >= 4 is 0 Å². The molecule has 0 spiro atoms. The Balaban J connectivity index is 1.43. The average molecular weight is 335 g/mol. The van der Waals surface area contributed by atoms with Crippen molar-refractivity contribution in [2.24, 2.45) is 0 Å². The molecule has 25 heavy (non-hydrogen) atoms. The van der Waals surface area contributed by atoms with Crippen LogP contribution in [0.2, 0.25) is 0 Å². The van der Waals surface area contributed by atoms with Gasteiger partial charge in [-0.15, -0.1) is 0 Å². The lowest BCUT2D eigenvalue weighted by Crippen LogP contribution is -2.33. The van der Waals surface area contributed by atoms with Gasteiger partial charge in [0.15, 0.2) is 0 Å². The van der Waals surface area contributed by atoms with Gasteiger partial charge >= 0.3 is 0 Å². The van der Waals surface area contributed by atoms with Crippen LogP contribution >= 0.6 is 0 Å². The van der Waals surface area contributed by atoms with Gasteiger partial charge in [0.1, 0.15) is 11.4 Å². The molecule has 1 aliphatic heterocycles. The highest BCUT2D eigenvalue weighted by Gasteiger charge is 2.52. The molecule has 2 heteroatoms. The predicted octanol–water partition coefficient (Wildman–Crippen LogP) is 5.22. The molecule has 1 N–H and O–H groups in total. The molecule has 2 nitrogen and oxygen atoms in total. The summed E-state index contributed by atoms with van der Waals surface area (Å²) >= 11 is 0. The lowest BCUT2D eigenvalue weighted by atomic mass is 9.93. The number of rotatable bonds is 5. The van der Waals surface area contributed by atoms with Crippen LogP contribution in [0.25, 0.3) is 0 Å². The van der Waals surface area contributed by atoms with Crippen molar-refractivity contribution in [1.82, 2.24) is 5.32 Å². The second-order valence-electron chi connectivity index (χ2n) is 8.33. The summed E-state index contributed by atoms with van der Waals surface area (Å²) in [7, 11) is 0. The van der Waals surface area contributed by atoms with Crippen molar-refractivity contribution in [3.05, 3.63) is 65.2 Å². The van der Waals surface area contributed by atoms with Crippen LogP contribution in [0, 0.1) is 0 Å². The number of nitrogens with one attached hydrogen (secondary N) is 1. The van der Waals surface area contributed by atoms with Gasteiger partial charge in [-0.3, -0.25) is 0 Å². The number of ether oxygens (including phenoxy) is 1. The van der Waals surface area contributed by atoms with Crippen molar-refractivity contribution in [1.29, 1.82) is 0 Å². The molecule has 0 saturated heterocycles. The van der Waals surface area contributed by atoms with E-state index in [4.69, 9.17) is 4.74 Å². The third-order valence-corrected chi connectivity index (χ3v) is 6.06. The SMILES string of the molecule is CCC1(NCc2ccc3c(c2)CCC(C)(C)O3)CC1c1ccccc1. The number of aryl methyl sites for hydroxylation is 1. The molecule has 4 rings (SSSR count). The molecule has 132 valence electrons. The molecule has 2 aromatic rings. The molecule has 1 heterocycles. The highest BCUT2D eigenvalue weighted by molar-refractivity contribution is 5.40. The molecule has 2 atom stereocenters. The van der Waals surface area contributed by atoms with Gasteiger partial charge in [0.05, 0.1) is 0 Å². The van der Waals surface area contributed by atoms with Gasteiger partial charge in [-0.05, 0) is 62.3 Å². The van der Waals surface area contributed by atoms with Crippen molar-refractivity contribution in [2.75, 3.05) is 0 Å². The van der Waals surface area contributed by atoms with E-state index in [-0.39, 0.29) is 11.1 Å². The maximum Gasteiger partial charge on any atom is 0.123 e. The number of hydrogen-bond donors (Lipinski definition) is 1. The highest BCUT2D eigenvalue weighted by atomic mass is 16.5. The van der Waals surface area contributed by atoms with Crippen LogP contribution in [0.4, 0.5) is 0 Å². The van der Waals surface area contributed by atoms with E-state index in [1.54, 1.807) is 0 Å². The minimum absolute atomic E-state index is 0.0318. The number of fused-ring (bicyclic) bond motifs is 1. The van der Waals surface area contributed by atoms with Gasteiger partial charge in [0.25, 0.3) is 0 Å². The summed E-state index contributed by atoms with van der Waals surface area (Å²) in [5.41, 5.74) is 4.44. The van der Waals surface area contributed by atoms with Crippen LogP contribution in [-0.4, -0.2) is 11.1 Å². The molecule has 2 unspecified atom stereocenters. The lowest BCUT2D eigenvalue weighted by molar-refractivity contribution is 0.0846. The van der Waals surface area contributed by atoms with Crippen molar-refractivity contribution in [3.8, 4) is 5.75 Å². The molecule has 1 saturated carbocycles. The van der Waals surface area contributed by atoms with E-state index in [1.807, 2.05) is 0 Å². The zero-order chi connectivity index (χ0) is 17.5. The molecule has 0 bridgehead atoms. The third-order valence-electron chi connectivity index (χ3n) is 6.06. The van der Waals surface area contributed by atoms with Gasteiger partial charge in [0, 0.05) is 18.0 Å². The Kier molecular flexibility index (Phi) is 4.11. The van der Waals surface area contributed by atoms with Gasteiger partial charge in [0.2, 0.25) is 0 Å². The molecular weight excluding hydrogens is 306 g/mol. The van der Waals surface area contributed by atoms with E-state index in [9.17, 15) is 0 Å². The standard InChI is InChI=1S/C23H29NO/c1-4-23(15-20(23)18-8-6-5-7-9-18)24-16-17-10-11-21-19(14-17)12-13-22(2,3)25-21/h5-11,14,20,24H,4,12-13,15-16H2,1-3H3. The van der Waals surface area contributed by atoms with Crippen LogP contribution in [0.3, 0.4) is 0 Å². The minimum atomic E-state index is -0.0318. The normalized spacial score (nSPS) is 26.6. The molecule has 2 aromatic carbocycles. The Morgan fingerprint density at radius 2 is 1.92 bits per heavy atom. The number of benzene rings is 2. The van der Waals surface area contributed by atoms with Gasteiger partial charge in [-0.25, -0.2) is 0 Å². The van der Waals surface area contributed by atoms with E-state index in [2.05, 4.69) is 74.6 Å². The van der Waals surface area contributed by atoms with Crippen molar-refractivity contribution in [2.45, 2.75) is 70.1 Å². The van der Waals surface area contributed by atoms with Gasteiger partial charge in [-0.2, -0.15) is 0 Å². The summed E-state index contributed by atoms with van der Waals surface area (Å²) in [6, 6.07) is 17.6. The van der Waals surface area contributed by atoms with Crippen LogP contribution < -0.4 is 10.1 Å². The van der Waals surface area contributed by atoms with Gasteiger partial charge in [-0.1, -0.05) is 49.4 Å². The second kappa shape index (κ2) is 6.17. The first-order valence-corrected chi connectivity index (χ1v) is 9.62. The summed E-state index contributed by atoms with van der Waals surface area (Å²) in [6.07, 6.45) is 4.62. The van der Waals surface area contributed by atoms with Crippen molar-refractivity contribution in [3.63, 3.8) is 0 Å². The van der Waals surface area contributed by atoms with Crippen LogP contribution in [0.15, 0.2) is 48.5 Å². The Hall–Kier alpha value is -1.80. The van der Waals surface area contributed by atoms with Crippen LogP contribution in [0.5, 0.6) is 5.75 Å². The Labute approximate surface area is 151 Å². The third kappa shape index (κ3) is 3.32. The Bertz CT molecular complexity index is 752. The summed E-state index contributed by atoms with van der Waals surface area (Å²) in [4.78, 5) is 0. The van der Waals surface area contributed by atoms with Crippen LogP contribution in [0.1, 0.15) is 62.6 Å². The van der Waals surface area contributed by atoms with E-state index < -0.39 is 0 Å². The number of hydrogen-bond acceptors (Lipinski definition) is 2. The molecular formula is C23H29NO. The molecule has 2 aliphatic rings. The second-order valence-corrected chi connectivity index (χ2v) is 8.33. The molecule has 0 amide bonds. The van der Waals surface area contributed by atoms with Gasteiger partial charge < -0.3 is 10.1 Å². The van der Waals surface area contributed by atoms with E-state index in [0.717, 1.165) is 25.1 Å². The Morgan fingerprint density at radius 1 is 1.12 bits per heavy atom. The molecule has 1 aliphatic carbocycles. The summed E-state index contributed by atoms with van der Waals surface area (Å²) < 4.78 is 6.11. The zero-order valence-electron chi connectivity index (χ0n) is 15.6. The van der Waals surface area contributed by atoms with Crippen molar-refractivity contribution < 1.29 is 4.74 Å². The first-order valence-electron chi connectivity index (χ1n) is 9.62. The summed E-state index contributed by atoms with van der Waals surface area (Å²) in [5, 5.41) is 3.87.